The summed E-state index contributed by atoms with van der Waals surface area (Å²) in [6.07, 6.45) is 4.85. The summed E-state index contributed by atoms with van der Waals surface area (Å²) in [6, 6.07) is 9.33. The van der Waals surface area contributed by atoms with Gasteiger partial charge in [0.25, 0.3) is 0 Å². The molecule has 6 nitrogen and oxygen atoms in total. The molecule has 1 fully saturated rings. The summed E-state index contributed by atoms with van der Waals surface area (Å²) in [7, 11) is 0. The first-order valence-electron chi connectivity index (χ1n) is 7.26. The van der Waals surface area contributed by atoms with Gasteiger partial charge in [-0.1, -0.05) is 18.9 Å². The molecule has 0 unspecified atom stereocenters. The highest BCUT2D eigenvalue weighted by Gasteiger charge is 2.16. The third-order valence-corrected chi connectivity index (χ3v) is 3.73. The van der Waals surface area contributed by atoms with E-state index < -0.39 is 0 Å². The van der Waals surface area contributed by atoms with Gasteiger partial charge >= 0.3 is 0 Å². The van der Waals surface area contributed by atoms with Crippen molar-refractivity contribution in [2.24, 2.45) is 0 Å². The zero-order chi connectivity index (χ0) is 14.7. The van der Waals surface area contributed by atoms with Crippen molar-refractivity contribution in [3.8, 4) is 11.8 Å². The van der Waals surface area contributed by atoms with Gasteiger partial charge in [0.2, 0.25) is 11.9 Å². The molecule has 1 saturated heterocycles. The lowest BCUT2D eigenvalue weighted by atomic mass is 10.2. The fourth-order valence-electron chi connectivity index (χ4n) is 2.61. The Kier molecular flexibility index (Phi) is 3.73. The third kappa shape index (κ3) is 2.82. The molecule has 21 heavy (non-hydrogen) atoms. The maximum Gasteiger partial charge on any atom is 0.246 e. The van der Waals surface area contributed by atoms with E-state index in [1.54, 1.807) is 16.8 Å². The fraction of sp³-hybridized carbons (Fsp3) is 0.400. The van der Waals surface area contributed by atoms with Gasteiger partial charge in [0.05, 0.1) is 17.3 Å². The Hall–Kier alpha value is -2.55. The summed E-state index contributed by atoms with van der Waals surface area (Å²) < 4.78 is 1.60. The van der Waals surface area contributed by atoms with E-state index in [4.69, 9.17) is 11.0 Å². The van der Waals surface area contributed by atoms with Crippen LogP contribution in [-0.4, -0.2) is 27.9 Å². The lowest BCUT2D eigenvalue weighted by Gasteiger charge is -2.17. The highest BCUT2D eigenvalue weighted by Crippen LogP contribution is 2.20. The Labute approximate surface area is 123 Å². The van der Waals surface area contributed by atoms with Crippen molar-refractivity contribution in [1.29, 1.82) is 5.26 Å². The van der Waals surface area contributed by atoms with Gasteiger partial charge in [0, 0.05) is 13.1 Å². The van der Waals surface area contributed by atoms with E-state index in [9.17, 15) is 0 Å². The van der Waals surface area contributed by atoms with Crippen LogP contribution in [0.1, 0.15) is 31.2 Å². The van der Waals surface area contributed by atoms with Gasteiger partial charge < -0.3 is 10.6 Å². The highest BCUT2D eigenvalue weighted by atomic mass is 15.4. The maximum atomic E-state index is 8.98. The molecule has 1 aromatic heterocycles. The molecule has 6 heteroatoms. The highest BCUT2D eigenvalue weighted by molar-refractivity contribution is 5.46. The molecule has 0 spiro atoms. The quantitative estimate of drug-likeness (QED) is 0.912. The van der Waals surface area contributed by atoms with Crippen LogP contribution in [0.2, 0.25) is 0 Å². The third-order valence-electron chi connectivity index (χ3n) is 3.73. The van der Waals surface area contributed by atoms with Gasteiger partial charge in [0.15, 0.2) is 0 Å². The number of aromatic nitrogens is 3. The molecule has 0 aliphatic carbocycles. The molecular formula is C15H18N6. The second-order valence-corrected chi connectivity index (χ2v) is 5.25. The minimum absolute atomic E-state index is 0.351. The van der Waals surface area contributed by atoms with Crippen LogP contribution < -0.4 is 10.6 Å². The topological polar surface area (TPSA) is 83.8 Å². The molecule has 0 radical (unpaired) electrons. The Morgan fingerprint density at radius 1 is 1.14 bits per heavy atom. The minimum Gasteiger partial charge on any atom is -0.368 e. The second-order valence-electron chi connectivity index (χ2n) is 5.25. The van der Waals surface area contributed by atoms with E-state index in [0.29, 0.717) is 17.5 Å². The Morgan fingerprint density at radius 3 is 2.62 bits per heavy atom. The van der Waals surface area contributed by atoms with E-state index in [1.165, 1.54) is 25.7 Å². The van der Waals surface area contributed by atoms with Gasteiger partial charge in [-0.25, -0.2) is 0 Å². The molecule has 2 aromatic rings. The van der Waals surface area contributed by atoms with Crippen LogP contribution >= 0.6 is 0 Å². The largest absolute Gasteiger partial charge is 0.368 e. The average Bonchev–Trinajstić information content (AvgIpc) is 2.74. The molecule has 108 valence electrons. The van der Waals surface area contributed by atoms with E-state index in [-0.39, 0.29) is 0 Å². The molecule has 3 rings (SSSR count). The van der Waals surface area contributed by atoms with E-state index in [1.807, 2.05) is 12.1 Å². The van der Waals surface area contributed by atoms with Gasteiger partial charge in [-0.3, -0.25) is 0 Å². The van der Waals surface area contributed by atoms with Crippen molar-refractivity contribution in [3.05, 3.63) is 29.8 Å². The van der Waals surface area contributed by atoms with Crippen molar-refractivity contribution in [1.82, 2.24) is 14.8 Å². The van der Waals surface area contributed by atoms with Crippen LogP contribution in [0.15, 0.2) is 24.3 Å². The molecular weight excluding hydrogens is 264 g/mol. The van der Waals surface area contributed by atoms with Crippen molar-refractivity contribution in [2.45, 2.75) is 25.7 Å². The van der Waals surface area contributed by atoms with Gasteiger partial charge in [-0.2, -0.15) is 14.9 Å². The summed E-state index contributed by atoms with van der Waals surface area (Å²) in [5, 5.41) is 13.5. The summed E-state index contributed by atoms with van der Waals surface area (Å²) in [5.74, 6) is 1.03. The number of anilines is 2. The second kappa shape index (κ2) is 5.83. The predicted octanol–water partition coefficient (Wildman–Crippen LogP) is 2.10. The van der Waals surface area contributed by atoms with Crippen LogP contribution in [0, 0.1) is 11.3 Å². The van der Waals surface area contributed by atoms with Gasteiger partial charge in [-0.15, -0.1) is 5.10 Å². The van der Waals surface area contributed by atoms with Crippen molar-refractivity contribution >= 4 is 11.9 Å². The van der Waals surface area contributed by atoms with E-state index in [0.717, 1.165) is 18.8 Å². The zero-order valence-corrected chi connectivity index (χ0v) is 11.9. The number of nitrogens with zero attached hydrogens (tertiary/aromatic N) is 5. The summed E-state index contributed by atoms with van der Waals surface area (Å²) >= 11 is 0. The number of nitrogen functional groups attached to an aromatic ring is 1. The van der Waals surface area contributed by atoms with Crippen molar-refractivity contribution in [3.63, 3.8) is 0 Å². The molecule has 0 bridgehead atoms. The minimum atomic E-state index is 0.351. The van der Waals surface area contributed by atoms with Crippen LogP contribution in [0.5, 0.6) is 0 Å². The Bertz CT molecular complexity index is 661. The fourth-order valence-corrected chi connectivity index (χ4v) is 2.61. The Morgan fingerprint density at radius 2 is 1.90 bits per heavy atom. The predicted molar refractivity (Wildman–Crippen MR) is 81.2 cm³/mol. The summed E-state index contributed by atoms with van der Waals surface area (Å²) in [4.78, 5) is 6.57. The first-order chi connectivity index (χ1) is 10.3. The molecule has 0 atom stereocenters. The SMILES string of the molecule is N#Cc1cccc(-n2nc(N3CCCCCC3)nc2N)c1. The molecule has 1 aliphatic heterocycles. The van der Waals surface area contributed by atoms with E-state index >= 15 is 0 Å². The first kappa shape index (κ1) is 13.4. The summed E-state index contributed by atoms with van der Waals surface area (Å²) in [5.41, 5.74) is 7.34. The average molecular weight is 282 g/mol. The molecule has 2 N–H and O–H groups in total. The number of hydrogen-bond donors (Lipinski definition) is 1. The molecule has 0 saturated carbocycles. The number of nitriles is 1. The monoisotopic (exact) mass is 282 g/mol. The maximum absolute atomic E-state index is 8.98. The number of benzene rings is 1. The van der Waals surface area contributed by atoms with Crippen molar-refractivity contribution in [2.75, 3.05) is 23.7 Å². The first-order valence-corrected chi connectivity index (χ1v) is 7.26. The lowest BCUT2D eigenvalue weighted by molar-refractivity contribution is 0.726. The summed E-state index contributed by atoms with van der Waals surface area (Å²) in [6.45, 7) is 1.95. The van der Waals surface area contributed by atoms with Crippen LogP contribution in [0.25, 0.3) is 5.69 Å². The lowest BCUT2D eigenvalue weighted by Crippen LogP contribution is -2.25. The van der Waals surface area contributed by atoms with Crippen LogP contribution in [0.4, 0.5) is 11.9 Å². The molecule has 1 aromatic carbocycles. The van der Waals surface area contributed by atoms with Crippen molar-refractivity contribution < 1.29 is 0 Å². The zero-order valence-electron chi connectivity index (χ0n) is 11.9. The molecule has 0 amide bonds. The smallest absolute Gasteiger partial charge is 0.246 e. The van der Waals surface area contributed by atoms with Crippen LogP contribution in [-0.2, 0) is 0 Å². The molecule has 1 aliphatic rings. The number of nitrogens with two attached hydrogens (primary N) is 1. The number of hydrogen-bond acceptors (Lipinski definition) is 5. The molecule has 2 heterocycles. The normalized spacial score (nSPS) is 15.5. The van der Waals surface area contributed by atoms with Gasteiger partial charge in [-0.05, 0) is 31.0 Å². The standard InChI is InChI=1S/C15H18N6/c16-11-12-6-5-7-13(10-12)21-14(17)18-15(19-21)20-8-3-1-2-4-9-20/h5-7,10H,1-4,8-9H2,(H2,17,18,19). The van der Waals surface area contributed by atoms with Crippen LogP contribution in [0.3, 0.4) is 0 Å². The van der Waals surface area contributed by atoms with Gasteiger partial charge in [0.1, 0.15) is 0 Å². The Balaban J connectivity index is 1.91. The number of rotatable bonds is 2. The van der Waals surface area contributed by atoms with E-state index in [2.05, 4.69) is 21.1 Å².